The molecule has 20 heavy (non-hydrogen) atoms. The lowest BCUT2D eigenvalue weighted by atomic mass is 10.2. The van der Waals surface area contributed by atoms with E-state index in [9.17, 15) is 4.79 Å². The molecule has 4 nitrogen and oxygen atoms in total. The van der Waals surface area contributed by atoms with Crippen molar-refractivity contribution in [2.75, 3.05) is 19.1 Å². The Kier molecular flexibility index (Phi) is 4.98. The first-order chi connectivity index (χ1) is 9.65. The van der Waals surface area contributed by atoms with Crippen LogP contribution in [-0.2, 0) is 17.1 Å². The Hall–Kier alpha value is -1.59. The van der Waals surface area contributed by atoms with Gasteiger partial charge in [-0.3, -0.25) is 4.79 Å². The summed E-state index contributed by atoms with van der Waals surface area (Å²) in [5, 5.41) is 2.64. The van der Waals surface area contributed by atoms with Crippen molar-refractivity contribution >= 4 is 34.5 Å². The number of carbonyl (C=O) groups excluding carboxylic acids is 1. The number of benzene rings is 1. The molecule has 0 radical (unpaired) electrons. The van der Waals surface area contributed by atoms with Gasteiger partial charge < -0.3 is 9.64 Å². The average Bonchev–Trinajstić information content (AvgIpc) is 2.94. The van der Waals surface area contributed by atoms with Crippen LogP contribution >= 0.6 is 22.9 Å². The third-order valence-corrected chi connectivity index (χ3v) is 4.03. The van der Waals surface area contributed by atoms with Gasteiger partial charge in [-0.2, -0.15) is 0 Å². The zero-order valence-electron chi connectivity index (χ0n) is 11.3. The molecular weight excluding hydrogens is 296 g/mol. The minimum absolute atomic E-state index is 0.0371. The number of hydrogen-bond acceptors (Lipinski definition) is 4. The smallest absolute Gasteiger partial charge is 0.233 e. The summed E-state index contributed by atoms with van der Waals surface area (Å²) in [6.07, 6.45) is 0.260. The van der Waals surface area contributed by atoms with E-state index in [0.717, 1.165) is 16.4 Å². The number of anilines is 1. The third-order valence-electron chi connectivity index (χ3n) is 2.86. The maximum Gasteiger partial charge on any atom is 0.233 e. The number of rotatable bonds is 5. The number of carbonyl (C=O) groups is 1. The van der Waals surface area contributed by atoms with E-state index < -0.39 is 0 Å². The first-order valence-corrected chi connectivity index (χ1v) is 7.46. The van der Waals surface area contributed by atoms with E-state index in [-0.39, 0.29) is 12.3 Å². The summed E-state index contributed by atoms with van der Waals surface area (Å²) in [6.45, 7) is 0. The van der Waals surface area contributed by atoms with Gasteiger partial charge in [0.05, 0.1) is 30.8 Å². The van der Waals surface area contributed by atoms with Crippen molar-refractivity contribution in [1.29, 1.82) is 0 Å². The molecule has 1 aromatic heterocycles. The van der Waals surface area contributed by atoms with E-state index in [1.54, 1.807) is 19.1 Å². The van der Waals surface area contributed by atoms with Crippen molar-refractivity contribution < 1.29 is 9.53 Å². The van der Waals surface area contributed by atoms with Crippen molar-refractivity contribution in [2.45, 2.75) is 12.3 Å². The lowest BCUT2D eigenvalue weighted by Gasteiger charge is -2.19. The van der Waals surface area contributed by atoms with Gasteiger partial charge in [-0.25, -0.2) is 4.98 Å². The lowest BCUT2D eigenvalue weighted by Crippen LogP contribution is -2.28. The number of halogens is 1. The number of hydrogen-bond donors (Lipinski definition) is 0. The fourth-order valence-electron chi connectivity index (χ4n) is 1.78. The van der Waals surface area contributed by atoms with E-state index in [4.69, 9.17) is 16.3 Å². The van der Waals surface area contributed by atoms with Gasteiger partial charge in [0.1, 0.15) is 10.8 Å². The monoisotopic (exact) mass is 310 g/mol. The predicted octanol–water partition coefficient (Wildman–Crippen LogP) is 3.10. The second kappa shape index (κ2) is 6.72. The molecule has 0 spiro atoms. The summed E-state index contributed by atoms with van der Waals surface area (Å²) in [5.41, 5.74) is 1.55. The van der Waals surface area contributed by atoms with Crippen LogP contribution < -0.4 is 9.64 Å². The molecule has 2 aromatic rings. The molecule has 0 atom stereocenters. The highest BCUT2D eigenvalue weighted by molar-refractivity contribution is 7.09. The van der Waals surface area contributed by atoms with Gasteiger partial charge in [-0.15, -0.1) is 22.9 Å². The largest absolute Gasteiger partial charge is 0.495 e. The fraction of sp³-hybridized carbons (Fsp3) is 0.286. The highest BCUT2D eigenvalue weighted by Crippen LogP contribution is 2.27. The molecule has 0 aliphatic carbocycles. The van der Waals surface area contributed by atoms with Crippen LogP contribution in [0, 0.1) is 0 Å². The highest BCUT2D eigenvalue weighted by atomic mass is 35.5. The first-order valence-electron chi connectivity index (χ1n) is 6.04. The highest BCUT2D eigenvalue weighted by Gasteiger charge is 2.16. The van der Waals surface area contributed by atoms with Crippen LogP contribution in [0.25, 0.3) is 0 Å². The molecule has 0 saturated heterocycles. The van der Waals surface area contributed by atoms with Gasteiger partial charge in [0.2, 0.25) is 5.91 Å². The third kappa shape index (κ3) is 3.29. The van der Waals surface area contributed by atoms with Crippen LogP contribution in [0.15, 0.2) is 29.6 Å². The van der Waals surface area contributed by atoms with Gasteiger partial charge in [0, 0.05) is 12.4 Å². The summed E-state index contributed by atoms with van der Waals surface area (Å²) >= 11 is 7.16. The SMILES string of the molecule is COc1ccccc1N(C)C(=O)Cc1nc(CCl)cs1. The van der Waals surface area contributed by atoms with Crippen LogP contribution in [0.1, 0.15) is 10.7 Å². The molecule has 0 aliphatic heterocycles. The molecule has 0 aliphatic rings. The number of amides is 1. The summed E-state index contributed by atoms with van der Waals surface area (Å²) in [5.74, 6) is 1.00. The molecule has 1 amide bonds. The van der Waals surface area contributed by atoms with Crippen LogP contribution in [0.3, 0.4) is 0 Å². The van der Waals surface area contributed by atoms with E-state index in [2.05, 4.69) is 4.98 Å². The van der Waals surface area contributed by atoms with Gasteiger partial charge in [-0.1, -0.05) is 12.1 Å². The van der Waals surface area contributed by atoms with Crippen molar-refractivity contribution in [3.63, 3.8) is 0 Å². The average molecular weight is 311 g/mol. The minimum Gasteiger partial charge on any atom is -0.495 e. The van der Waals surface area contributed by atoms with Crippen molar-refractivity contribution in [1.82, 2.24) is 4.98 Å². The molecule has 106 valence electrons. The van der Waals surface area contributed by atoms with Gasteiger partial charge in [-0.05, 0) is 12.1 Å². The molecule has 2 rings (SSSR count). The molecule has 0 unspecified atom stereocenters. The zero-order chi connectivity index (χ0) is 14.5. The van der Waals surface area contributed by atoms with Crippen LogP contribution in [0.5, 0.6) is 5.75 Å². The van der Waals surface area contributed by atoms with Crippen molar-refractivity contribution in [2.24, 2.45) is 0 Å². The summed E-state index contributed by atoms with van der Waals surface area (Å²) < 4.78 is 5.26. The van der Waals surface area contributed by atoms with Gasteiger partial charge in [0.25, 0.3) is 0 Å². The Bertz CT molecular complexity index is 600. The Morgan fingerprint density at radius 2 is 2.20 bits per heavy atom. The molecule has 6 heteroatoms. The lowest BCUT2D eigenvalue weighted by molar-refractivity contribution is -0.117. The second-order valence-corrected chi connectivity index (χ2v) is 5.38. The maximum atomic E-state index is 12.3. The Morgan fingerprint density at radius 3 is 2.85 bits per heavy atom. The van der Waals surface area contributed by atoms with Crippen LogP contribution in [0.2, 0.25) is 0 Å². The molecule has 1 heterocycles. The van der Waals surface area contributed by atoms with Crippen molar-refractivity contribution in [3.8, 4) is 5.75 Å². The van der Waals surface area contributed by atoms with Crippen molar-refractivity contribution in [3.05, 3.63) is 40.3 Å². The molecule has 0 bridgehead atoms. The topological polar surface area (TPSA) is 42.4 Å². The van der Waals surface area contributed by atoms with Gasteiger partial charge >= 0.3 is 0 Å². The zero-order valence-corrected chi connectivity index (χ0v) is 12.9. The van der Waals surface area contributed by atoms with Crippen LogP contribution in [0.4, 0.5) is 5.69 Å². The van der Waals surface area contributed by atoms with E-state index in [1.165, 1.54) is 11.3 Å². The normalized spacial score (nSPS) is 10.3. The Labute approximate surface area is 127 Å². The summed E-state index contributed by atoms with van der Waals surface area (Å²) in [6, 6.07) is 7.42. The standard InChI is InChI=1S/C14H15ClN2O2S/c1-17(11-5-3-4-6-12(11)19-2)14(18)7-13-16-10(8-15)9-20-13/h3-6,9H,7-8H2,1-2H3. The summed E-state index contributed by atoms with van der Waals surface area (Å²) in [7, 11) is 3.32. The number of nitrogens with zero attached hydrogens (tertiary/aromatic N) is 2. The second-order valence-electron chi connectivity index (χ2n) is 4.17. The predicted molar refractivity (Wildman–Crippen MR) is 81.8 cm³/mol. The number of para-hydroxylation sites is 2. The number of alkyl halides is 1. The number of methoxy groups -OCH3 is 1. The molecule has 1 aromatic carbocycles. The fourth-order valence-corrected chi connectivity index (χ4v) is 2.79. The van der Waals surface area contributed by atoms with E-state index in [0.29, 0.717) is 11.6 Å². The summed E-state index contributed by atoms with van der Waals surface area (Å²) in [4.78, 5) is 18.2. The molecule has 0 fully saturated rings. The van der Waals surface area contributed by atoms with E-state index in [1.807, 2.05) is 29.6 Å². The first kappa shape index (κ1) is 14.8. The Balaban J connectivity index is 2.12. The maximum absolute atomic E-state index is 12.3. The number of thiazole rings is 1. The molecule has 0 N–H and O–H groups in total. The minimum atomic E-state index is -0.0371. The Morgan fingerprint density at radius 1 is 1.45 bits per heavy atom. The molecular formula is C14H15ClN2O2S. The van der Waals surface area contributed by atoms with Crippen LogP contribution in [-0.4, -0.2) is 25.0 Å². The van der Waals surface area contributed by atoms with Gasteiger partial charge in [0.15, 0.2) is 0 Å². The number of aromatic nitrogens is 1. The molecule has 0 saturated carbocycles. The number of likely N-dealkylation sites (N-methyl/N-ethyl adjacent to an activating group) is 1. The van der Waals surface area contributed by atoms with E-state index >= 15 is 0 Å². The quantitative estimate of drug-likeness (QED) is 0.797. The number of ether oxygens (including phenoxy) is 1.